The summed E-state index contributed by atoms with van der Waals surface area (Å²) in [4.78, 5) is 4.25. The lowest BCUT2D eigenvalue weighted by Gasteiger charge is -2.27. The molecule has 1 aromatic carbocycles. The Hall–Kier alpha value is -1.65. The van der Waals surface area contributed by atoms with Crippen LogP contribution in [0.5, 0.6) is 0 Å². The van der Waals surface area contributed by atoms with Gasteiger partial charge in [0.15, 0.2) is 5.96 Å². The fourth-order valence-electron chi connectivity index (χ4n) is 3.50. The van der Waals surface area contributed by atoms with Gasteiger partial charge in [-0.2, -0.15) is 0 Å². The van der Waals surface area contributed by atoms with Gasteiger partial charge in [0.25, 0.3) is 0 Å². The molecule has 1 aromatic rings. The van der Waals surface area contributed by atoms with Crippen LogP contribution in [0.1, 0.15) is 43.2 Å². The van der Waals surface area contributed by atoms with E-state index in [1.807, 2.05) is 6.07 Å². The Morgan fingerprint density at radius 1 is 1.27 bits per heavy atom. The van der Waals surface area contributed by atoms with E-state index in [0.717, 1.165) is 24.9 Å². The van der Waals surface area contributed by atoms with Gasteiger partial charge in [0.05, 0.1) is 0 Å². The zero-order valence-corrected chi connectivity index (χ0v) is 12.7. The van der Waals surface area contributed by atoms with E-state index >= 15 is 0 Å². The number of anilines is 1. The predicted octanol–water partition coefficient (Wildman–Crippen LogP) is 3.73. The highest BCUT2D eigenvalue weighted by molar-refractivity contribution is 5.92. The molecule has 0 radical (unpaired) electrons. The Bertz CT molecular complexity index is 569. The fourth-order valence-corrected chi connectivity index (χ4v) is 3.50. The van der Waals surface area contributed by atoms with Gasteiger partial charge in [-0.15, -0.1) is 0 Å². The summed E-state index contributed by atoms with van der Waals surface area (Å²) in [6.45, 7) is 0.374. The van der Waals surface area contributed by atoms with Gasteiger partial charge < -0.3 is 11.1 Å². The van der Waals surface area contributed by atoms with Crippen molar-refractivity contribution in [3.8, 4) is 0 Å². The second kappa shape index (κ2) is 6.23. The molecule has 1 saturated carbocycles. The predicted molar refractivity (Wildman–Crippen MR) is 85.5 cm³/mol. The Balaban J connectivity index is 1.56. The normalized spacial score (nSPS) is 24.1. The number of halogens is 2. The first-order valence-corrected chi connectivity index (χ1v) is 8.08. The van der Waals surface area contributed by atoms with Gasteiger partial charge >= 0.3 is 0 Å². The molecule has 3 N–H and O–H groups in total. The van der Waals surface area contributed by atoms with Crippen molar-refractivity contribution in [3.05, 3.63) is 29.3 Å². The number of benzene rings is 1. The number of aryl methyl sites for hydroxylation is 2. The number of nitrogens with two attached hydrogens (primary N) is 1. The van der Waals surface area contributed by atoms with Crippen molar-refractivity contribution >= 4 is 11.6 Å². The van der Waals surface area contributed by atoms with Gasteiger partial charge in [0.2, 0.25) is 5.92 Å². The lowest BCUT2D eigenvalue weighted by molar-refractivity contribution is -0.0507. The van der Waals surface area contributed by atoms with Crippen LogP contribution in [0.25, 0.3) is 0 Å². The van der Waals surface area contributed by atoms with E-state index in [1.165, 1.54) is 17.5 Å². The maximum atomic E-state index is 13.4. The molecule has 0 spiro atoms. The molecule has 2 aliphatic carbocycles. The minimum Gasteiger partial charge on any atom is -0.370 e. The van der Waals surface area contributed by atoms with Gasteiger partial charge in [-0.05, 0) is 61.3 Å². The molecule has 5 heteroatoms. The Morgan fingerprint density at radius 2 is 2.09 bits per heavy atom. The van der Waals surface area contributed by atoms with Crippen LogP contribution in [-0.2, 0) is 12.8 Å². The van der Waals surface area contributed by atoms with Crippen LogP contribution in [0.2, 0.25) is 0 Å². The molecular formula is C17H23F2N3. The zero-order chi connectivity index (χ0) is 15.6. The smallest absolute Gasteiger partial charge is 0.248 e. The first kappa shape index (κ1) is 15.3. The van der Waals surface area contributed by atoms with Gasteiger partial charge in [0, 0.05) is 25.1 Å². The van der Waals surface area contributed by atoms with Crippen LogP contribution in [-0.4, -0.2) is 18.4 Å². The van der Waals surface area contributed by atoms with Crippen molar-refractivity contribution in [1.29, 1.82) is 0 Å². The Labute approximate surface area is 130 Å². The third-order valence-corrected chi connectivity index (χ3v) is 4.63. The van der Waals surface area contributed by atoms with E-state index < -0.39 is 5.92 Å². The summed E-state index contributed by atoms with van der Waals surface area (Å²) in [5.41, 5.74) is 9.59. The van der Waals surface area contributed by atoms with Crippen LogP contribution < -0.4 is 11.1 Å². The molecule has 3 nitrogen and oxygen atoms in total. The Kier molecular flexibility index (Phi) is 4.32. The molecule has 3 rings (SSSR count). The number of rotatable bonds is 3. The molecule has 1 unspecified atom stereocenters. The number of nitrogens with zero attached hydrogens (tertiary/aromatic N) is 1. The molecule has 0 amide bonds. The first-order valence-electron chi connectivity index (χ1n) is 8.08. The van der Waals surface area contributed by atoms with Gasteiger partial charge in [-0.3, -0.25) is 4.99 Å². The van der Waals surface area contributed by atoms with Crippen molar-refractivity contribution in [2.75, 3.05) is 11.9 Å². The fraction of sp³-hybridized carbons (Fsp3) is 0.588. The minimum atomic E-state index is -2.53. The monoisotopic (exact) mass is 307 g/mol. The summed E-state index contributed by atoms with van der Waals surface area (Å²) in [6, 6.07) is 6.24. The molecule has 0 aromatic heterocycles. The number of hydrogen-bond acceptors (Lipinski definition) is 1. The topological polar surface area (TPSA) is 50.4 Å². The maximum Gasteiger partial charge on any atom is 0.248 e. The summed E-state index contributed by atoms with van der Waals surface area (Å²) in [5.74, 6) is -2.28. The number of guanidine groups is 1. The van der Waals surface area contributed by atoms with Crippen LogP contribution in [0.15, 0.2) is 23.2 Å². The quantitative estimate of drug-likeness (QED) is 0.660. The molecule has 120 valence electrons. The number of nitrogens with one attached hydrogen (secondary N) is 1. The number of hydrogen-bond donors (Lipinski definition) is 2. The molecule has 0 bridgehead atoms. The number of fused-ring (bicyclic) bond motifs is 1. The highest BCUT2D eigenvalue weighted by Gasteiger charge is 2.35. The Morgan fingerprint density at radius 3 is 2.91 bits per heavy atom. The second-order valence-corrected chi connectivity index (χ2v) is 6.51. The number of alkyl halides is 2. The van der Waals surface area contributed by atoms with Crippen molar-refractivity contribution in [1.82, 2.24) is 0 Å². The van der Waals surface area contributed by atoms with Crippen LogP contribution in [0, 0.1) is 5.92 Å². The highest BCUT2D eigenvalue weighted by atomic mass is 19.3. The molecule has 1 atom stereocenters. The third-order valence-electron chi connectivity index (χ3n) is 4.63. The van der Waals surface area contributed by atoms with Gasteiger partial charge in [-0.25, -0.2) is 8.78 Å². The van der Waals surface area contributed by atoms with E-state index in [1.54, 1.807) is 0 Å². The summed E-state index contributed by atoms with van der Waals surface area (Å²) >= 11 is 0. The molecule has 0 saturated heterocycles. The van der Waals surface area contributed by atoms with Gasteiger partial charge in [-0.1, -0.05) is 6.07 Å². The van der Waals surface area contributed by atoms with Crippen LogP contribution >= 0.6 is 0 Å². The summed E-state index contributed by atoms with van der Waals surface area (Å²) in [6.07, 6.45) is 4.79. The molecule has 2 aliphatic rings. The average Bonchev–Trinajstić information content (AvgIpc) is 2.92. The zero-order valence-electron chi connectivity index (χ0n) is 12.7. The summed E-state index contributed by atoms with van der Waals surface area (Å²) in [7, 11) is 0. The molecular weight excluding hydrogens is 284 g/mol. The molecule has 1 fully saturated rings. The SMILES string of the molecule is NC(=NCC1CCCC(F)(F)C1)Nc1ccc2c(c1)CCC2. The first-order chi connectivity index (χ1) is 10.5. The molecule has 0 heterocycles. The lowest BCUT2D eigenvalue weighted by atomic mass is 9.87. The highest BCUT2D eigenvalue weighted by Crippen LogP contribution is 2.36. The standard InChI is InChI=1S/C17H23F2N3/c18-17(19)8-2-3-12(10-17)11-21-16(20)22-15-7-6-13-4-1-5-14(13)9-15/h6-7,9,12H,1-5,8,10-11H2,(H3,20,21,22). The van der Waals surface area contributed by atoms with Crippen molar-refractivity contribution in [2.45, 2.75) is 50.9 Å². The summed E-state index contributed by atoms with van der Waals surface area (Å²) < 4.78 is 26.7. The summed E-state index contributed by atoms with van der Waals surface area (Å²) in [5, 5.41) is 3.07. The molecule has 0 aliphatic heterocycles. The van der Waals surface area contributed by atoms with E-state index in [0.29, 0.717) is 18.9 Å². The van der Waals surface area contributed by atoms with E-state index in [4.69, 9.17) is 5.73 Å². The van der Waals surface area contributed by atoms with Crippen LogP contribution in [0.3, 0.4) is 0 Å². The maximum absolute atomic E-state index is 13.4. The third kappa shape index (κ3) is 3.76. The molecule has 22 heavy (non-hydrogen) atoms. The van der Waals surface area contributed by atoms with Crippen molar-refractivity contribution in [3.63, 3.8) is 0 Å². The average molecular weight is 307 g/mol. The van der Waals surface area contributed by atoms with Crippen molar-refractivity contribution in [2.24, 2.45) is 16.6 Å². The second-order valence-electron chi connectivity index (χ2n) is 6.51. The van der Waals surface area contributed by atoms with E-state index in [9.17, 15) is 8.78 Å². The number of aliphatic imine (C=N–C) groups is 1. The van der Waals surface area contributed by atoms with E-state index in [2.05, 4.69) is 22.4 Å². The van der Waals surface area contributed by atoms with Crippen LogP contribution in [0.4, 0.5) is 14.5 Å². The van der Waals surface area contributed by atoms with E-state index in [-0.39, 0.29) is 18.8 Å². The van der Waals surface area contributed by atoms with Gasteiger partial charge in [0.1, 0.15) is 0 Å². The van der Waals surface area contributed by atoms with Crippen molar-refractivity contribution < 1.29 is 8.78 Å². The largest absolute Gasteiger partial charge is 0.370 e. The lowest BCUT2D eigenvalue weighted by Crippen LogP contribution is -2.29. The minimum absolute atomic E-state index is 0.00999.